The van der Waals surface area contributed by atoms with Crippen molar-refractivity contribution in [2.75, 3.05) is 33.4 Å². The fourth-order valence-electron chi connectivity index (χ4n) is 2.53. The van der Waals surface area contributed by atoms with Crippen molar-refractivity contribution in [2.24, 2.45) is 5.73 Å². The van der Waals surface area contributed by atoms with Gasteiger partial charge in [-0.1, -0.05) is 11.6 Å². The normalized spacial score (nSPS) is 19.5. The van der Waals surface area contributed by atoms with Crippen LogP contribution in [0.15, 0.2) is 23.1 Å². The van der Waals surface area contributed by atoms with Crippen LogP contribution in [0.4, 0.5) is 0 Å². The van der Waals surface area contributed by atoms with E-state index in [1.807, 2.05) is 0 Å². The summed E-state index contributed by atoms with van der Waals surface area (Å²) in [5.74, 6) is 0.282. The Balaban J connectivity index is 2.34. The average Bonchev–Trinajstić information content (AvgIpc) is 2.98. The van der Waals surface area contributed by atoms with E-state index in [1.54, 1.807) is 19.2 Å². The zero-order valence-corrected chi connectivity index (χ0v) is 14.1. The lowest BCUT2D eigenvalue weighted by Gasteiger charge is -2.24. The van der Waals surface area contributed by atoms with Gasteiger partial charge in [0, 0.05) is 31.3 Å². The van der Waals surface area contributed by atoms with Crippen molar-refractivity contribution in [3.05, 3.63) is 23.2 Å². The Kier molecular flexibility index (Phi) is 6.05. The number of methoxy groups -OCH3 is 1. The van der Waals surface area contributed by atoms with Crippen molar-refractivity contribution >= 4 is 21.6 Å². The number of hydrogen-bond donors (Lipinski definition) is 1. The minimum absolute atomic E-state index is 0.0800. The number of nitrogens with zero attached hydrogens (tertiary/aromatic N) is 1. The Labute approximate surface area is 136 Å². The molecule has 0 aliphatic carbocycles. The number of sulfonamides is 1. The first kappa shape index (κ1) is 17.5. The highest BCUT2D eigenvalue weighted by Gasteiger charge is 2.36. The molecular formula is C14H21ClN2O4S. The first-order valence-electron chi connectivity index (χ1n) is 7.14. The van der Waals surface area contributed by atoms with Gasteiger partial charge in [0.1, 0.15) is 17.3 Å². The molecule has 1 saturated heterocycles. The van der Waals surface area contributed by atoms with Crippen LogP contribution in [0.1, 0.15) is 12.8 Å². The summed E-state index contributed by atoms with van der Waals surface area (Å²) >= 11 is 5.97. The largest absolute Gasteiger partial charge is 0.490 e. The highest BCUT2D eigenvalue weighted by Crippen LogP contribution is 2.33. The van der Waals surface area contributed by atoms with Gasteiger partial charge in [0.05, 0.1) is 6.61 Å². The minimum Gasteiger partial charge on any atom is -0.490 e. The van der Waals surface area contributed by atoms with Gasteiger partial charge in [0.2, 0.25) is 10.0 Å². The standard InChI is InChI=1S/C14H21ClN2O4S/c1-20-7-8-21-13-5-4-11(15)9-14(13)22(18,19)17-6-2-3-12(17)10-16/h4-5,9,12H,2-3,6-8,10,16H2,1H3/t12-/m1/s1. The molecular weight excluding hydrogens is 328 g/mol. The van der Waals surface area contributed by atoms with E-state index in [0.29, 0.717) is 24.7 Å². The van der Waals surface area contributed by atoms with Crippen LogP contribution in [0.2, 0.25) is 5.02 Å². The molecule has 2 rings (SSSR count). The van der Waals surface area contributed by atoms with Gasteiger partial charge in [0.25, 0.3) is 0 Å². The molecule has 1 fully saturated rings. The Morgan fingerprint density at radius 1 is 1.41 bits per heavy atom. The molecule has 0 amide bonds. The molecule has 1 aromatic rings. The third-order valence-electron chi connectivity index (χ3n) is 3.63. The quantitative estimate of drug-likeness (QED) is 0.755. The Morgan fingerprint density at radius 3 is 2.86 bits per heavy atom. The monoisotopic (exact) mass is 348 g/mol. The molecule has 0 bridgehead atoms. The van der Waals surface area contributed by atoms with Crippen LogP contribution in [-0.2, 0) is 14.8 Å². The average molecular weight is 349 g/mol. The Hall–Kier alpha value is -0.860. The van der Waals surface area contributed by atoms with E-state index in [0.717, 1.165) is 12.8 Å². The van der Waals surface area contributed by atoms with Crippen LogP contribution in [0.25, 0.3) is 0 Å². The summed E-state index contributed by atoms with van der Waals surface area (Å²) in [5, 5.41) is 0.348. The lowest BCUT2D eigenvalue weighted by molar-refractivity contribution is 0.144. The molecule has 1 aliphatic rings. The second kappa shape index (κ2) is 7.61. The maximum Gasteiger partial charge on any atom is 0.247 e. The van der Waals surface area contributed by atoms with Crippen molar-refractivity contribution in [2.45, 2.75) is 23.8 Å². The van der Waals surface area contributed by atoms with Gasteiger partial charge in [-0.05, 0) is 31.0 Å². The van der Waals surface area contributed by atoms with Gasteiger partial charge in [-0.15, -0.1) is 0 Å². The van der Waals surface area contributed by atoms with Crippen molar-refractivity contribution in [3.8, 4) is 5.75 Å². The van der Waals surface area contributed by atoms with Crippen LogP contribution in [0.3, 0.4) is 0 Å². The third kappa shape index (κ3) is 3.72. The van der Waals surface area contributed by atoms with Crippen LogP contribution in [-0.4, -0.2) is 52.2 Å². The molecule has 0 unspecified atom stereocenters. The topological polar surface area (TPSA) is 81.9 Å². The van der Waals surface area contributed by atoms with Gasteiger partial charge >= 0.3 is 0 Å². The fraction of sp³-hybridized carbons (Fsp3) is 0.571. The van der Waals surface area contributed by atoms with Gasteiger partial charge in [-0.2, -0.15) is 4.31 Å². The van der Waals surface area contributed by atoms with Crippen LogP contribution >= 0.6 is 11.6 Å². The van der Waals surface area contributed by atoms with Crippen LogP contribution in [0.5, 0.6) is 5.75 Å². The number of halogens is 1. The Bertz CT molecular complexity index is 609. The highest BCUT2D eigenvalue weighted by atomic mass is 35.5. The zero-order valence-electron chi connectivity index (χ0n) is 12.5. The number of rotatable bonds is 7. The molecule has 8 heteroatoms. The van der Waals surface area contributed by atoms with Crippen LogP contribution in [0, 0.1) is 0 Å². The number of nitrogens with two attached hydrogens (primary N) is 1. The molecule has 1 aromatic carbocycles. The predicted octanol–water partition coefficient (Wildman–Crippen LogP) is 1.48. The van der Waals surface area contributed by atoms with E-state index in [-0.39, 0.29) is 23.3 Å². The second-order valence-electron chi connectivity index (χ2n) is 5.08. The SMILES string of the molecule is COCCOc1ccc(Cl)cc1S(=O)(=O)N1CCC[C@@H]1CN. The van der Waals surface area contributed by atoms with E-state index < -0.39 is 10.0 Å². The number of ether oxygens (including phenoxy) is 2. The zero-order chi connectivity index (χ0) is 16.2. The summed E-state index contributed by atoms with van der Waals surface area (Å²) in [7, 11) is -2.13. The Morgan fingerprint density at radius 2 is 2.18 bits per heavy atom. The molecule has 6 nitrogen and oxygen atoms in total. The molecule has 0 radical (unpaired) electrons. The molecule has 1 atom stereocenters. The smallest absolute Gasteiger partial charge is 0.247 e. The summed E-state index contributed by atoms with van der Waals surface area (Å²) in [6.07, 6.45) is 1.58. The lowest BCUT2D eigenvalue weighted by atomic mass is 10.2. The van der Waals surface area contributed by atoms with Gasteiger partial charge in [-0.25, -0.2) is 8.42 Å². The third-order valence-corrected chi connectivity index (χ3v) is 5.84. The van der Waals surface area contributed by atoms with Crippen molar-refractivity contribution in [1.29, 1.82) is 0 Å². The number of benzene rings is 1. The van der Waals surface area contributed by atoms with Crippen molar-refractivity contribution in [1.82, 2.24) is 4.31 Å². The van der Waals surface area contributed by atoms with Crippen molar-refractivity contribution < 1.29 is 17.9 Å². The molecule has 0 aromatic heterocycles. The highest BCUT2D eigenvalue weighted by molar-refractivity contribution is 7.89. The summed E-state index contributed by atoms with van der Waals surface area (Å²) < 4.78 is 37.7. The van der Waals surface area contributed by atoms with Gasteiger partial charge in [0.15, 0.2) is 0 Å². The first-order chi connectivity index (χ1) is 10.5. The molecule has 0 spiro atoms. The predicted molar refractivity (Wildman–Crippen MR) is 84.8 cm³/mol. The van der Waals surface area contributed by atoms with Gasteiger partial charge < -0.3 is 15.2 Å². The molecule has 2 N–H and O–H groups in total. The second-order valence-corrected chi connectivity index (χ2v) is 7.38. The molecule has 124 valence electrons. The van der Waals surface area contributed by atoms with E-state index in [2.05, 4.69) is 0 Å². The summed E-state index contributed by atoms with van der Waals surface area (Å²) in [6.45, 7) is 1.41. The van der Waals surface area contributed by atoms with E-state index in [9.17, 15) is 8.42 Å². The molecule has 0 saturated carbocycles. The molecule has 1 heterocycles. The first-order valence-corrected chi connectivity index (χ1v) is 8.95. The molecule has 22 heavy (non-hydrogen) atoms. The summed E-state index contributed by atoms with van der Waals surface area (Å²) in [5.41, 5.74) is 5.69. The maximum absolute atomic E-state index is 12.9. The maximum atomic E-state index is 12.9. The van der Waals surface area contributed by atoms with E-state index in [1.165, 1.54) is 10.4 Å². The fourth-order valence-corrected chi connectivity index (χ4v) is 4.63. The van der Waals surface area contributed by atoms with E-state index >= 15 is 0 Å². The van der Waals surface area contributed by atoms with Gasteiger partial charge in [-0.3, -0.25) is 0 Å². The van der Waals surface area contributed by atoms with Crippen molar-refractivity contribution in [3.63, 3.8) is 0 Å². The summed E-state index contributed by atoms with van der Waals surface area (Å²) in [6, 6.07) is 4.42. The molecule has 1 aliphatic heterocycles. The van der Waals surface area contributed by atoms with E-state index in [4.69, 9.17) is 26.8 Å². The van der Waals surface area contributed by atoms with Crippen LogP contribution < -0.4 is 10.5 Å². The lowest BCUT2D eigenvalue weighted by Crippen LogP contribution is -2.40. The number of hydrogen-bond acceptors (Lipinski definition) is 5. The summed E-state index contributed by atoms with van der Waals surface area (Å²) in [4.78, 5) is 0.0800. The minimum atomic E-state index is -3.69.